The minimum atomic E-state index is -0.212. The molecule has 0 radical (unpaired) electrons. The first kappa shape index (κ1) is 16.7. The van der Waals surface area contributed by atoms with Gasteiger partial charge in [-0.05, 0) is 42.7 Å². The van der Waals surface area contributed by atoms with Crippen molar-refractivity contribution in [1.29, 1.82) is 0 Å². The molecule has 2 amide bonds. The highest BCUT2D eigenvalue weighted by Crippen LogP contribution is 2.17. The van der Waals surface area contributed by atoms with E-state index in [1.165, 1.54) is 0 Å². The summed E-state index contributed by atoms with van der Waals surface area (Å²) in [6.07, 6.45) is 1.72. The molecule has 0 fully saturated rings. The fourth-order valence-corrected chi connectivity index (χ4v) is 2.29. The average Bonchev–Trinajstić information content (AvgIpc) is 2.60. The maximum absolute atomic E-state index is 12.4. The van der Waals surface area contributed by atoms with Crippen LogP contribution in [0.15, 0.2) is 48.5 Å². The number of rotatable bonds is 6. The first-order valence-electron chi connectivity index (χ1n) is 7.93. The Labute approximate surface area is 136 Å². The molecule has 0 aliphatic heterocycles. The normalized spacial score (nSPS) is 10.2. The average molecular weight is 310 g/mol. The molecule has 0 saturated carbocycles. The molecule has 2 N–H and O–H groups in total. The molecule has 0 heterocycles. The van der Waals surface area contributed by atoms with E-state index in [1.807, 2.05) is 38.1 Å². The first-order valence-corrected chi connectivity index (χ1v) is 7.93. The number of carbonyl (C=O) groups excluding carboxylic acids is 2. The smallest absolute Gasteiger partial charge is 0.255 e. The highest BCUT2D eigenvalue weighted by atomic mass is 16.2. The third kappa shape index (κ3) is 4.42. The second-order valence-corrected chi connectivity index (χ2v) is 5.30. The Morgan fingerprint density at radius 3 is 2.30 bits per heavy atom. The molecule has 120 valence electrons. The molecule has 0 unspecified atom stereocenters. The zero-order valence-corrected chi connectivity index (χ0v) is 13.6. The zero-order valence-electron chi connectivity index (χ0n) is 13.6. The molecule has 4 nitrogen and oxygen atoms in total. The summed E-state index contributed by atoms with van der Waals surface area (Å²) in [5.74, 6) is -0.369. The number of nitrogens with one attached hydrogen (secondary N) is 2. The topological polar surface area (TPSA) is 58.2 Å². The molecule has 4 heteroatoms. The van der Waals surface area contributed by atoms with Crippen LogP contribution in [0, 0.1) is 0 Å². The first-order chi connectivity index (χ1) is 11.2. The SMILES string of the molecule is CCCNC(=O)c1cccc(C(=O)Nc2ccccc2CC)c1. The highest BCUT2D eigenvalue weighted by Gasteiger charge is 2.11. The number of hydrogen-bond donors (Lipinski definition) is 2. The summed E-state index contributed by atoms with van der Waals surface area (Å²) in [5, 5.41) is 5.73. The summed E-state index contributed by atoms with van der Waals surface area (Å²) in [7, 11) is 0. The predicted molar refractivity (Wildman–Crippen MR) is 92.8 cm³/mol. The number of benzene rings is 2. The van der Waals surface area contributed by atoms with Crippen molar-refractivity contribution in [2.45, 2.75) is 26.7 Å². The van der Waals surface area contributed by atoms with Gasteiger partial charge < -0.3 is 10.6 Å². The molecule has 0 aromatic heterocycles. The molecule has 2 aromatic carbocycles. The Balaban J connectivity index is 2.15. The van der Waals surface area contributed by atoms with Crippen LogP contribution in [0.25, 0.3) is 0 Å². The summed E-state index contributed by atoms with van der Waals surface area (Å²) in [6, 6.07) is 14.5. The third-order valence-corrected chi connectivity index (χ3v) is 3.57. The predicted octanol–water partition coefficient (Wildman–Crippen LogP) is 3.64. The van der Waals surface area contributed by atoms with Crippen molar-refractivity contribution >= 4 is 17.5 Å². The van der Waals surface area contributed by atoms with E-state index >= 15 is 0 Å². The Hall–Kier alpha value is -2.62. The van der Waals surface area contributed by atoms with Crippen LogP contribution in [0.1, 0.15) is 46.5 Å². The van der Waals surface area contributed by atoms with Crippen LogP contribution in [0.3, 0.4) is 0 Å². The maximum Gasteiger partial charge on any atom is 0.255 e. The molecule has 0 aliphatic carbocycles. The largest absolute Gasteiger partial charge is 0.352 e. The van der Waals surface area contributed by atoms with Crippen molar-refractivity contribution in [2.75, 3.05) is 11.9 Å². The standard InChI is InChI=1S/C19H22N2O2/c1-3-12-20-18(22)15-9-7-10-16(13-15)19(23)21-17-11-6-5-8-14(17)4-2/h5-11,13H,3-4,12H2,1-2H3,(H,20,22)(H,21,23). The maximum atomic E-state index is 12.4. The van der Waals surface area contributed by atoms with Crippen LogP contribution in [-0.4, -0.2) is 18.4 Å². The number of para-hydroxylation sites is 1. The van der Waals surface area contributed by atoms with Gasteiger partial charge in [0, 0.05) is 23.4 Å². The van der Waals surface area contributed by atoms with Gasteiger partial charge in [-0.15, -0.1) is 0 Å². The fraction of sp³-hybridized carbons (Fsp3) is 0.263. The van der Waals surface area contributed by atoms with Crippen molar-refractivity contribution in [3.05, 3.63) is 65.2 Å². The van der Waals surface area contributed by atoms with E-state index in [9.17, 15) is 9.59 Å². The quantitative estimate of drug-likeness (QED) is 0.856. The van der Waals surface area contributed by atoms with Crippen molar-refractivity contribution in [1.82, 2.24) is 5.32 Å². The van der Waals surface area contributed by atoms with E-state index in [4.69, 9.17) is 0 Å². The van der Waals surface area contributed by atoms with E-state index in [1.54, 1.807) is 24.3 Å². The molecule has 0 spiro atoms. The third-order valence-electron chi connectivity index (χ3n) is 3.57. The van der Waals surface area contributed by atoms with E-state index in [0.717, 1.165) is 24.1 Å². The second-order valence-electron chi connectivity index (χ2n) is 5.30. The Morgan fingerprint density at radius 1 is 0.913 bits per heavy atom. The van der Waals surface area contributed by atoms with E-state index in [-0.39, 0.29) is 11.8 Å². The molecule has 0 aliphatic rings. The molecule has 0 bridgehead atoms. The van der Waals surface area contributed by atoms with Crippen LogP contribution in [0.5, 0.6) is 0 Å². The zero-order chi connectivity index (χ0) is 16.7. The van der Waals surface area contributed by atoms with Gasteiger partial charge in [0.25, 0.3) is 11.8 Å². The van der Waals surface area contributed by atoms with Gasteiger partial charge in [0.2, 0.25) is 0 Å². The van der Waals surface area contributed by atoms with Crippen LogP contribution in [-0.2, 0) is 6.42 Å². The van der Waals surface area contributed by atoms with Gasteiger partial charge in [0.15, 0.2) is 0 Å². The Bertz CT molecular complexity index is 695. The van der Waals surface area contributed by atoms with Gasteiger partial charge in [-0.25, -0.2) is 0 Å². The summed E-state index contributed by atoms with van der Waals surface area (Å²) in [4.78, 5) is 24.4. The molecular formula is C19H22N2O2. The van der Waals surface area contributed by atoms with Gasteiger partial charge >= 0.3 is 0 Å². The van der Waals surface area contributed by atoms with Crippen LogP contribution in [0.2, 0.25) is 0 Å². The van der Waals surface area contributed by atoms with Gasteiger partial charge in [0.05, 0.1) is 0 Å². The minimum Gasteiger partial charge on any atom is -0.352 e. The van der Waals surface area contributed by atoms with Crippen LogP contribution in [0.4, 0.5) is 5.69 Å². The number of anilines is 1. The van der Waals surface area contributed by atoms with E-state index in [0.29, 0.717) is 17.7 Å². The van der Waals surface area contributed by atoms with Crippen molar-refractivity contribution in [2.24, 2.45) is 0 Å². The molecule has 23 heavy (non-hydrogen) atoms. The Morgan fingerprint density at radius 2 is 1.61 bits per heavy atom. The summed E-state index contributed by atoms with van der Waals surface area (Å²) < 4.78 is 0. The summed E-state index contributed by atoms with van der Waals surface area (Å²) >= 11 is 0. The lowest BCUT2D eigenvalue weighted by Gasteiger charge is -2.10. The highest BCUT2D eigenvalue weighted by molar-refractivity contribution is 6.06. The van der Waals surface area contributed by atoms with E-state index in [2.05, 4.69) is 10.6 Å². The van der Waals surface area contributed by atoms with Crippen molar-refractivity contribution in [3.8, 4) is 0 Å². The fourth-order valence-electron chi connectivity index (χ4n) is 2.29. The molecule has 2 aromatic rings. The van der Waals surface area contributed by atoms with E-state index < -0.39 is 0 Å². The lowest BCUT2D eigenvalue weighted by molar-refractivity contribution is 0.0953. The molecule has 0 atom stereocenters. The van der Waals surface area contributed by atoms with Crippen LogP contribution < -0.4 is 10.6 Å². The summed E-state index contributed by atoms with van der Waals surface area (Å²) in [5.41, 5.74) is 2.86. The van der Waals surface area contributed by atoms with Crippen molar-refractivity contribution in [3.63, 3.8) is 0 Å². The minimum absolute atomic E-state index is 0.157. The molecular weight excluding hydrogens is 288 g/mol. The Kier molecular flexibility index (Phi) is 5.92. The van der Waals surface area contributed by atoms with Gasteiger partial charge in [-0.3, -0.25) is 9.59 Å². The summed E-state index contributed by atoms with van der Waals surface area (Å²) in [6.45, 7) is 4.66. The van der Waals surface area contributed by atoms with Gasteiger partial charge in [-0.2, -0.15) is 0 Å². The number of carbonyl (C=O) groups is 2. The number of hydrogen-bond acceptors (Lipinski definition) is 2. The van der Waals surface area contributed by atoms with Crippen molar-refractivity contribution < 1.29 is 9.59 Å². The number of aryl methyl sites for hydroxylation is 1. The van der Waals surface area contributed by atoms with Gasteiger partial charge in [-0.1, -0.05) is 38.1 Å². The van der Waals surface area contributed by atoms with Gasteiger partial charge in [0.1, 0.15) is 0 Å². The molecule has 0 saturated heterocycles. The monoisotopic (exact) mass is 310 g/mol. The van der Waals surface area contributed by atoms with Crippen LogP contribution >= 0.6 is 0 Å². The lowest BCUT2D eigenvalue weighted by atomic mass is 10.1. The second kappa shape index (κ2) is 8.13. The lowest BCUT2D eigenvalue weighted by Crippen LogP contribution is -2.24. The number of amides is 2. The molecule has 2 rings (SSSR count).